The van der Waals surface area contributed by atoms with Crippen LogP contribution >= 0.6 is 11.6 Å². The Balaban J connectivity index is 0.000000561. The molecule has 2 N–H and O–H groups in total. The van der Waals surface area contributed by atoms with Gasteiger partial charge in [0.15, 0.2) is 0 Å². The Kier molecular flexibility index (Phi) is 5.08. The van der Waals surface area contributed by atoms with E-state index >= 15 is 0 Å². The van der Waals surface area contributed by atoms with E-state index < -0.39 is 5.97 Å². The van der Waals surface area contributed by atoms with Crippen LogP contribution in [0.5, 0.6) is 0 Å². The van der Waals surface area contributed by atoms with Crippen molar-refractivity contribution in [3.63, 3.8) is 0 Å². The zero-order chi connectivity index (χ0) is 9.56. The van der Waals surface area contributed by atoms with Gasteiger partial charge in [0.05, 0.1) is 5.56 Å². The maximum Gasteiger partial charge on any atom is 0.335 e. The first kappa shape index (κ1) is 10.9. The average Bonchev–Trinajstić information content (AvgIpc) is 2.08. The van der Waals surface area contributed by atoms with E-state index in [1.165, 1.54) is 12.1 Å². The van der Waals surface area contributed by atoms with Gasteiger partial charge in [0.1, 0.15) is 0 Å². The summed E-state index contributed by atoms with van der Waals surface area (Å²) in [7, 11) is 1.00. The second kappa shape index (κ2) is 5.57. The van der Waals surface area contributed by atoms with Crippen LogP contribution in [0.15, 0.2) is 24.3 Å². The highest BCUT2D eigenvalue weighted by Gasteiger charge is 2.00. The van der Waals surface area contributed by atoms with Gasteiger partial charge in [-0.2, -0.15) is 0 Å². The van der Waals surface area contributed by atoms with Crippen LogP contribution in [0.3, 0.4) is 0 Å². The van der Waals surface area contributed by atoms with E-state index in [0.717, 1.165) is 7.11 Å². The number of benzene rings is 1. The minimum Gasteiger partial charge on any atom is -0.478 e. The van der Waals surface area contributed by atoms with Gasteiger partial charge in [0, 0.05) is 12.1 Å². The Morgan fingerprint density at radius 3 is 2.33 bits per heavy atom. The Hall–Kier alpha value is -1.06. The average molecular weight is 189 g/mol. The number of hydrogen-bond donors (Lipinski definition) is 2. The number of carbonyl (C=O) groups is 1. The number of hydrogen-bond acceptors (Lipinski definition) is 2. The van der Waals surface area contributed by atoms with Crippen molar-refractivity contribution in [3.8, 4) is 0 Å². The number of aliphatic hydroxyl groups excluding tert-OH is 1. The van der Waals surface area contributed by atoms with E-state index in [4.69, 9.17) is 21.8 Å². The lowest BCUT2D eigenvalue weighted by atomic mass is 10.2. The molecule has 0 aliphatic heterocycles. The summed E-state index contributed by atoms with van der Waals surface area (Å²) < 4.78 is 0. The van der Waals surface area contributed by atoms with Gasteiger partial charge in [0.25, 0.3) is 0 Å². The Labute approximate surface area is 75.2 Å². The van der Waals surface area contributed by atoms with Crippen molar-refractivity contribution in [1.29, 1.82) is 0 Å². The molecule has 1 aromatic rings. The highest BCUT2D eigenvalue weighted by atomic mass is 35.5. The van der Waals surface area contributed by atoms with Gasteiger partial charge < -0.3 is 10.2 Å². The van der Waals surface area contributed by atoms with Crippen LogP contribution in [0.1, 0.15) is 10.4 Å². The van der Waals surface area contributed by atoms with Crippen LogP contribution in [-0.4, -0.2) is 23.3 Å². The lowest BCUT2D eigenvalue weighted by Gasteiger charge is -1.92. The standard InChI is InChI=1S/C7H5ClO2.CH4O/c8-6-3-1-2-5(4-6)7(9)10;1-2/h1-4H,(H,9,10);2H,1H3. The summed E-state index contributed by atoms with van der Waals surface area (Å²) >= 11 is 5.53. The molecule has 0 atom stereocenters. The molecule has 0 amide bonds. The molecule has 1 rings (SSSR count). The van der Waals surface area contributed by atoms with Crippen molar-refractivity contribution < 1.29 is 15.0 Å². The van der Waals surface area contributed by atoms with Gasteiger partial charge in [-0.05, 0) is 18.2 Å². The molecule has 0 fully saturated rings. The highest BCUT2D eigenvalue weighted by molar-refractivity contribution is 6.30. The zero-order valence-electron chi connectivity index (χ0n) is 6.49. The number of carboxylic acid groups (broad SMARTS) is 1. The number of halogens is 1. The summed E-state index contributed by atoms with van der Waals surface area (Å²) in [6, 6.07) is 6.14. The van der Waals surface area contributed by atoms with Crippen molar-refractivity contribution in [2.75, 3.05) is 7.11 Å². The molecule has 0 aliphatic rings. The monoisotopic (exact) mass is 188 g/mol. The third-order valence-electron chi connectivity index (χ3n) is 1.07. The molecule has 0 radical (unpaired) electrons. The van der Waals surface area contributed by atoms with Crippen LogP contribution < -0.4 is 0 Å². The van der Waals surface area contributed by atoms with E-state index in [9.17, 15) is 4.79 Å². The molecule has 0 saturated carbocycles. The quantitative estimate of drug-likeness (QED) is 0.705. The highest BCUT2D eigenvalue weighted by Crippen LogP contribution is 2.09. The molecule has 3 nitrogen and oxygen atoms in total. The van der Waals surface area contributed by atoms with E-state index in [1.807, 2.05) is 0 Å². The molecule has 0 bridgehead atoms. The third kappa shape index (κ3) is 3.37. The van der Waals surface area contributed by atoms with E-state index in [-0.39, 0.29) is 5.56 Å². The van der Waals surface area contributed by atoms with Crippen molar-refractivity contribution in [2.45, 2.75) is 0 Å². The van der Waals surface area contributed by atoms with E-state index in [1.54, 1.807) is 12.1 Å². The van der Waals surface area contributed by atoms with E-state index in [2.05, 4.69) is 0 Å². The topological polar surface area (TPSA) is 57.5 Å². The third-order valence-corrected chi connectivity index (χ3v) is 1.31. The van der Waals surface area contributed by atoms with Crippen LogP contribution in [-0.2, 0) is 0 Å². The Morgan fingerprint density at radius 2 is 2.00 bits per heavy atom. The van der Waals surface area contributed by atoms with Gasteiger partial charge in [-0.25, -0.2) is 4.79 Å². The largest absolute Gasteiger partial charge is 0.478 e. The van der Waals surface area contributed by atoms with Crippen molar-refractivity contribution in [2.24, 2.45) is 0 Å². The molecule has 4 heteroatoms. The molecule has 1 aromatic carbocycles. The van der Waals surface area contributed by atoms with Gasteiger partial charge in [-0.1, -0.05) is 17.7 Å². The Morgan fingerprint density at radius 1 is 1.42 bits per heavy atom. The first-order valence-corrected chi connectivity index (χ1v) is 3.51. The van der Waals surface area contributed by atoms with Gasteiger partial charge in [-0.3, -0.25) is 0 Å². The molecular weight excluding hydrogens is 180 g/mol. The summed E-state index contributed by atoms with van der Waals surface area (Å²) in [6.45, 7) is 0. The van der Waals surface area contributed by atoms with Gasteiger partial charge in [-0.15, -0.1) is 0 Å². The fraction of sp³-hybridized carbons (Fsp3) is 0.125. The first-order chi connectivity index (χ1) is 5.70. The normalized spacial score (nSPS) is 8.25. The summed E-state index contributed by atoms with van der Waals surface area (Å²) in [6.07, 6.45) is 0. The first-order valence-electron chi connectivity index (χ1n) is 3.14. The minimum absolute atomic E-state index is 0.215. The molecule has 0 aliphatic carbocycles. The number of aliphatic hydroxyl groups is 1. The number of carboxylic acids is 1. The summed E-state index contributed by atoms with van der Waals surface area (Å²) in [5.74, 6) is -0.956. The molecule has 66 valence electrons. The molecule has 0 saturated heterocycles. The molecule has 0 unspecified atom stereocenters. The molecule has 0 spiro atoms. The maximum atomic E-state index is 10.3. The maximum absolute atomic E-state index is 10.3. The molecule has 0 heterocycles. The van der Waals surface area contributed by atoms with E-state index in [0.29, 0.717) is 5.02 Å². The lowest BCUT2D eigenvalue weighted by molar-refractivity contribution is 0.0697. The SMILES string of the molecule is CO.O=C(O)c1cccc(Cl)c1. The van der Waals surface area contributed by atoms with Crippen LogP contribution in [0.2, 0.25) is 5.02 Å². The number of aromatic carboxylic acids is 1. The fourth-order valence-corrected chi connectivity index (χ4v) is 0.812. The zero-order valence-corrected chi connectivity index (χ0v) is 7.25. The lowest BCUT2D eigenvalue weighted by Crippen LogP contribution is -1.94. The molecule has 0 aromatic heterocycles. The summed E-state index contributed by atoms with van der Waals surface area (Å²) in [4.78, 5) is 10.3. The second-order valence-electron chi connectivity index (χ2n) is 1.82. The predicted molar refractivity (Wildman–Crippen MR) is 46.6 cm³/mol. The molecular formula is C8H9ClO3. The summed E-state index contributed by atoms with van der Waals surface area (Å²) in [5, 5.41) is 15.9. The van der Waals surface area contributed by atoms with Crippen LogP contribution in [0, 0.1) is 0 Å². The van der Waals surface area contributed by atoms with Gasteiger partial charge >= 0.3 is 5.97 Å². The van der Waals surface area contributed by atoms with Crippen molar-refractivity contribution in [3.05, 3.63) is 34.9 Å². The number of rotatable bonds is 1. The summed E-state index contributed by atoms with van der Waals surface area (Å²) in [5.41, 5.74) is 0.215. The van der Waals surface area contributed by atoms with Crippen molar-refractivity contribution >= 4 is 17.6 Å². The Bertz CT molecular complexity index is 260. The fourth-order valence-electron chi connectivity index (χ4n) is 0.622. The second-order valence-corrected chi connectivity index (χ2v) is 2.25. The predicted octanol–water partition coefficient (Wildman–Crippen LogP) is 1.65. The van der Waals surface area contributed by atoms with Gasteiger partial charge in [0.2, 0.25) is 0 Å². The van der Waals surface area contributed by atoms with Crippen LogP contribution in [0.25, 0.3) is 0 Å². The van der Waals surface area contributed by atoms with Crippen molar-refractivity contribution in [1.82, 2.24) is 0 Å². The smallest absolute Gasteiger partial charge is 0.335 e. The minimum atomic E-state index is -0.956. The molecule has 12 heavy (non-hydrogen) atoms. The van der Waals surface area contributed by atoms with Crippen LogP contribution in [0.4, 0.5) is 0 Å².